The SMILES string of the molecule is COCC(C)NS(=O)(=O)c1cc(C(=O)O)ccc1N1CCOCC1. The van der Waals surface area contributed by atoms with Gasteiger partial charge in [-0.25, -0.2) is 17.9 Å². The molecule has 8 nitrogen and oxygen atoms in total. The molecule has 1 aromatic carbocycles. The second-order valence-electron chi connectivity index (χ2n) is 5.56. The molecule has 1 fully saturated rings. The molecule has 9 heteroatoms. The van der Waals surface area contributed by atoms with Crippen LogP contribution in [0.5, 0.6) is 0 Å². The van der Waals surface area contributed by atoms with E-state index in [2.05, 4.69) is 4.72 Å². The van der Waals surface area contributed by atoms with Crippen molar-refractivity contribution in [2.75, 3.05) is 44.9 Å². The highest BCUT2D eigenvalue weighted by atomic mass is 32.2. The van der Waals surface area contributed by atoms with Crippen LogP contribution in [0.3, 0.4) is 0 Å². The zero-order valence-corrected chi connectivity index (χ0v) is 14.5. The lowest BCUT2D eigenvalue weighted by Crippen LogP contribution is -2.39. The van der Waals surface area contributed by atoms with E-state index in [0.717, 1.165) is 0 Å². The van der Waals surface area contributed by atoms with Crippen LogP contribution in [-0.4, -0.2) is 65.6 Å². The van der Waals surface area contributed by atoms with Gasteiger partial charge in [0.15, 0.2) is 0 Å². The molecule has 0 aromatic heterocycles. The average molecular weight is 358 g/mol. The smallest absolute Gasteiger partial charge is 0.335 e. The minimum absolute atomic E-state index is 0.0488. The summed E-state index contributed by atoms with van der Waals surface area (Å²) in [5.74, 6) is -1.18. The van der Waals surface area contributed by atoms with Gasteiger partial charge in [0.25, 0.3) is 0 Å². The number of carbonyl (C=O) groups is 1. The van der Waals surface area contributed by atoms with Crippen molar-refractivity contribution in [3.8, 4) is 0 Å². The molecule has 1 saturated heterocycles. The van der Waals surface area contributed by atoms with Crippen molar-refractivity contribution in [1.82, 2.24) is 4.72 Å². The number of anilines is 1. The topological polar surface area (TPSA) is 105 Å². The van der Waals surface area contributed by atoms with E-state index in [1.165, 1.54) is 25.3 Å². The van der Waals surface area contributed by atoms with Gasteiger partial charge in [0, 0.05) is 26.2 Å². The molecule has 0 aliphatic carbocycles. The van der Waals surface area contributed by atoms with Crippen molar-refractivity contribution < 1.29 is 27.8 Å². The van der Waals surface area contributed by atoms with E-state index < -0.39 is 22.0 Å². The van der Waals surface area contributed by atoms with Crippen molar-refractivity contribution in [3.63, 3.8) is 0 Å². The minimum Gasteiger partial charge on any atom is -0.478 e. The van der Waals surface area contributed by atoms with Gasteiger partial charge in [0.1, 0.15) is 4.90 Å². The van der Waals surface area contributed by atoms with Crippen LogP contribution in [0.4, 0.5) is 5.69 Å². The predicted molar refractivity (Wildman–Crippen MR) is 88.1 cm³/mol. The highest BCUT2D eigenvalue weighted by Gasteiger charge is 2.26. The monoisotopic (exact) mass is 358 g/mol. The van der Waals surface area contributed by atoms with Crippen molar-refractivity contribution in [3.05, 3.63) is 23.8 Å². The van der Waals surface area contributed by atoms with Crippen LogP contribution in [0.25, 0.3) is 0 Å². The fourth-order valence-electron chi connectivity index (χ4n) is 2.54. The molecular weight excluding hydrogens is 336 g/mol. The number of benzene rings is 1. The fraction of sp³-hybridized carbons (Fsp3) is 0.533. The third-order valence-electron chi connectivity index (χ3n) is 3.62. The third-order valence-corrected chi connectivity index (χ3v) is 5.24. The number of aromatic carboxylic acids is 1. The van der Waals surface area contributed by atoms with Gasteiger partial charge in [-0.15, -0.1) is 0 Å². The lowest BCUT2D eigenvalue weighted by Gasteiger charge is -2.30. The number of carboxylic acids is 1. The van der Waals surface area contributed by atoms with Crippen LogP contribution in [-0.2, 0) is 19.5 Å². The van der Waals surface area contributed by atoms with E-state index in [0.29, 0.717) is 32.0 Å². The van der Waals surface area contributed by atoms with Gasteiger partial charge in [-0.05, 0) is 25.1 Å². The summed E-state index contributed by atoms with van der Waals surface area (Å²) in [6, 6.07) is 3.69. The third kappa shape index (κ3) is 4.44. The number of hydrogen-bond acceptors (Lipinski definition) is 6. The summed E-state index contributed by atoms with van der Waals surface area (Å²) in [6.07, 6.45) is 0. The normalized spacial score (nSPS) is 16.8. The van der Waals surface area contributed by atoms with Crippen LogP contribution in [0.2, 0.25) is 0 Å². The largest absolute Gasteiger partial charge is 0.478 e. The summed E-state index contributed by atoms with van der Waals surface area (Å²) in [7, 11) is -2.41. The molecular formula is C15H22N2O6S. The van der Waals surface area contributed by atoms with Gasteiger partial charge in [0.05, 0.1) is 31.1 Å². The van der Waals surface area contributed by atoms with Gasteiger partial charge in [-0.3, -0.25) is 0 Å². The lowest BCUT2D eigenvalue weighted by molar-refractivity contribution is 0.0696. The number of nitrogens with one attached hydrogen (secondary N) is 1. The van der Waals surface area contributed by atoms with Crippen molar-refractivity contribution in [2.24, 2.45) is 0 Å². The molecule has 134 valence electrons. The van der Waals surface area contributed by atoms with Gasteiger partial charge in [-0.1, -0.05) is 0 Å². The second-order valence-corrected chi connectivity index (χ2v) is 7.25. The zero-order valence-electron chi connectivity index (χ0n) is 13.7. The number of carboxylic acid groups (broad SMARTS) is 1. The summed E-state index contributed by atoms with van der Waals surface area (Å²) in [5.41, 5.74) is 0.396. The Bertz CT molecular complexity index is 685. The summed E-state index contributed by atoms with van der Waals surface area (Å²) in [4.78, 5) is 13.1. The van der Waals surface area contributed by atoms with Crippen molar-refractivity contribution >= 4 is 21.7 Å². The number of nitrogens with zero attached hydrogens (tertiary/aromatic N) is 1. The quantitative estimate of drug-likeness (QED) is 0.733. The van der Waals surface area contributed by atoms with Crippen LogP contribution in [0.1, 0.15) is 17.3 Å². The highest BCUT2D eigenvalue weighted by molar-refractivity contribution is 7.89. The maximum atomic E-state index is 12.7. The van der Waals surface area contributed by atoms with Crippen LogP contribution < -0.4 is 9.62 Å². The summed E-state index contributed by atoms with van der Waals surface area (Å²) < 4.78 is 38.2. The van der Waals surface area contributed by atoms with E-state index in [-0.39, 0.29) is 17.1 Å². The maximum absolute atomic E-state index is 12.7. The number of sulfonamides is 1. The zero-order chi connectivity index (χ0) is 17.7. The Morgan fingerprint density at radius 1 is 1.42 bits per heavy atom. The molecule has 1 aliphatic rings. The van der Waals surface area contributed by atoms with E-state index in [1.807, 2.05) is 4.90 Å². The van der Waals surface area contributed by atoms with Gasteiger partial charge >= 0.3 is 5.97 Å². The lowest BCUT2D eigenvalue weighted by atomic mass is 10.2. The van der Waals surface area contributed by atoms with E-state index in [4.69, 9.17) is 9.47 Å². The van der Waals surface area contributed by atoms with Crippen LogP contribution in [0.15, 0.2) is 23.1 Å². The van der Waals surface area contributed by atoms with E-state index in [9.17, 15) is 18.3 Å². The highest BCUT2D eigenvalue weighted by Crippen LogP contribution is 2.27. The summed E-state index contributed by atoms with van der Waals surface area (Å²) >= 11 is 0. The number of rotatable bonds is 7. The molecule has 0 amide bonds. The van der Waals surface area contributed by atoms with Gasteiger partial charge in [-0.2, -0.15) is 0 Å². The molecule has 2 rings (SSSR count). The first kappa shape index (κ1) is 18.7. The number of hydrogen-bond donors (Lipinski definition) is 2. The van der Waals surface area contributed by atoms with E-state index in [1.54, 1.807) is 6.92 Å². The standard InChI is InChI=1S/C15H22N2O6S/c1-11(10-22-2)16-24(20,21)14-9-12(15(18)19)3-4-13(14)17-5-7-23-8-6-17/h3-4,9,11,16H,5-8,10H2,1-2H3,(H,18,19). The molecule has 1 heterocycles. The Balaban J connectivity index is 2.43. The molecule has 0 spiro atoms. The molecule has 1 unspecified atom stereocenters. The molecule has 2 N–H and O–H groups in total. The van der Waals surface area contributed by atoms with Crippen LogP contribution in [0, 0.1) is 0 Å². The maximum Gasteiger partial charge on any atom is 0.335 e. The molecule has 1 aromatic rings. The first-order valence-electron chi connectivity index (χ1n) is 7.56. The first-order chi connectivity index (χ1) is 11.3. The minimum atomic E-state index is -3.89. The summed E-state index contributed by atoms with van der Waals surface area (Å²) in [6.45, 7) is 3.97. The Hall–Kier alpha value is -1.68. The molecule has 1 aliphatic heterocycles. The molecule has 24 heavy (non-hydrogen) atoms. The second kappa shape index (κ2) is 7.93. The average Bonchev–Trinajstić information content (AvgIpc) is 2.54. The molecule has 0 radical (unpaired) electrons. The Morgan fingerprint density at radius 2 is 2.08 bits per heavy atom. The van der Waals surface area contributed by atoms with Crippen LogP contribution >= 0.6 is 0 Å². The Labute approximate surface area is 141 Å². The fourth-order valence-corrected chi connectivity index (χ4v) is 4.02. The molecule has 0 saturated carbocycles. The number of methoxy groups -OCH3 is 1. The molecule has 1 atom stereocenters. The van der Waals surface area contributed by atoms with E-state index >= 15 is 0 Å². The van der Waals surface area contributed by atoms with Crippen molar-refractivity contribution in [2.45, 2.75) is 17.9 Å². The Morgan fingerprint density at radius 3 is 2.67 bits per heavy atom. The predicted octanol–water partition coefficient (Wildman–Crippen LogP) is 0.535. The number of morpholine rings is 1. The summed E-state index contributed by atoms with van der Waals surface area (Å²) in [5, 5.41) is 9.17. The molecule has 0 bridgehead atoms. The Kier molecular flexibility index (Phi) is 6.16. The number of ether oxygens (including phenoxy) is 2. The van der Waals surface area contributed by atoms with Gasteiger partial charge in [0.2, 0.25) is 10.0 Å². The van der Waals surface area contributed by atoms with Gasteiger partial charge < -0.3 is 19.5 Å². The van der Waals surface area contributed by atoms with Crippen molar-refractivity contribution in [1.29, 1.82) is 0 Å². The first-order valence-corrected chi connectivity index (χ1v) is 9.05.